The lowest BCUT2D eigenvalue weighted by molar-refractivity contribution is -0.128. The summed E-state index contributed by atoms with van der Waals surface area (Å²) in [5.41, 5.74) is 2.80. The molecule has 3 rings (SSSR count). The van der Waals surface area contributed by atoms with Gasteiger partial charge in [-0.1, -0.05) is 38.1 Å². The molecule has 3 N–H and O–H groups in total. The molecule has 3 aromatic rings. The maximum absolute atomic E-state index is 14.1. The van der Waals surface area contributed by atoms with Crippen LogP contribution >= 0.6 is 0 Å². The van der Waals surface area contributed by atoms with E-state index in [1.807, 2.05) is 37.4 Å². The van der Waals surface area contributed by atoms with Crippen molar-refractivity contribution in [3.05, 3.63) is 65.6 Å². The van der Waals surface area contributed by atoms with E-state index in [0.29, 0.717) is 6.42 Å². The van der Waals surface area contributed by atoms with Crippen molar-refractivity contribution < 1.29 is 14.0 Å². The maximum Gasteiger partial charge on any atom is 0.247 e. The zero-order chi connectivity index (χ0) is 20.3. The fourth-order valence-electron chi connectivity index (χ4n) is 3.02. The summed E-state index contributed by atoms with van der Waals surface area (Å²) in [7, 11) is 0. The van der Waals surface area contributed by atoms with Gasteiger partial charge in [0.2, 0.25) is 11.8 Å². The summed E-state index contributed by atoms with van der Waals surface area (Å²) in [5, 5.41) is 6.39. The van der Waals surface area contributed by atoms with Gasteiger partial charge in [0.1, 0.15) is 11.9 Å². The van der Waals surface area contributed by atoms with Gasteiger partial charge in [-0.15, -0.1) is 0 Å². The van der Waals surface area contributed by atoms with Crippen molar-refractivity contribution >= 4 is 28.4 Å². The Balaban J connectivity index is 1.86. The largest absolute Gasteiger partial charge is 0.361 e. The highest BCUT2D eigenvalue weighted by atomic mass is 19.1. The second kappa shape index (κ2) is 8.25. The van der Waals surface area contributed by atoms with Gasteiger partial charge >= 0.3 is 0 Å². The van der Waals surface area contributed by atoms with E-state index >= 15 is 0 Å². The number of carbonyl (C=O) groups is 2. The van der Waals surface area contributed by atoms with E-state index in [9.17, 15) is 14.0 Å². The fraction of sp³-hybridized carbons (Fsp3) is 0.273. The highest BCUT2D eigenvalue weighted by Gasteiger charge is 2.24. The van der Waals surface area contributed by atoms with Crippen LogP contribution in [0.15, 0.2) is 48.7 Å². The van der Waals surface area contributed by atoms with Crippen LogP contribution in [0.2, 0.25) is 0 Å². The molecule has 1 aromatic heterocycles. The number of aromatic nitrogens is 1. The molecule has 0 aliphatic rings. The number of para-hydroxylation sites is 1. The molecule has 0 aliphatic carbocycles. The maximum atomic E-state index is 14.1. The first kappa shape index (κ1) is 19.6. The molecule has 0 spiro atoms. The summed E-state index contributed by atoms with van der Waals surface area (Å²) < 4.78 is 14.1. The van der Waals surface area contributed by atoms with Gasteiger partial charge in [-0.2, -0.15) is 0 Å². The standard InChI is InChI=1S/C22H24FN3O2/c1-13(2)21(27)26-20(11-15-12-24-18-7-5-4-6-16(15)18)22(28)25-19-10-14(3)8-9-17(19)23/h4-10,12-13,20,24H,11H2,1-3H3,(H,25,28)(H,26,27). The Kier molecular flexibility index (Phi) is 5.78. The normalized spacial score (nSPS) is 12.2. The van der Waals surface area contributed by atoms with Gasteiger partial charge in [0.05, 0.1) is 5.69 Å². The quantitative estimate of drug-likeness (QED) is 0.605. The van der Waals surface area contributed by atoms with E-state index < -0.39 is 17.8 Å². The number of halogens is 1. The molecule has 0 radical (unpaired) electrons. The summed E-state index contributed by atoms with van der Waals surface area (Å²) in [6, 6.07) is 11.4. The smallest absolute Gasteiger partial charge is 0.247 e. The first-order chi connectivity index (χ1) is 13.3. The molecule has 0 saturated heterocycles. The second-order valence-electron chi connectivity index (χ2n) is 7.25. The summed E-state index contributed by atoms with van der Waals surface area (Å²) in [6.45, 7) is 5.34. The SMILES string of the molecule is Cc1ccc(F)c(NC(=O)C(Cc2c[nH]c3ccccc23)NC(=O)C(C)C)c1. The minimum Gasteiger partial charge on any atom is -0.361 e. The van der Waals surface area contributed by atoms with Crippen molar-refractivity contribution in [3.63, 3.8) is 0 Å². The molecule has 28 heavy (non-hydrogen) atoms. The summed E-state index contributed by atoms with van der Waals surface area (Å²) in [4.78, 5) is 28.3. The number of benzene rings is 2. The fourth-order valence-corrected chi connectivity index (χ4v) is 3.02. The summed E-state index contributed by atoms with van der Waals surface area (Å²) in [5.74, 6) is -1.47. The van der Waals surface area contributed by atoms with Crippen LogP contribution in [0.25, 0.3) is 10.9 Å². The lowest BCUT2D eigenvalue weighted by Gasteiger charge is -2.20. The predicted molar refractivity (Wildman–Crippen MR) is 109 cm³/mol. The average Bonchev–Trinajstić information content (AvgIpc) is 3.07. The number of aromatic amines is 1. The molecule has 1 atom stereocenters. The van der Waals surface area contributed by atoms with Crippen LogP contribution < -0.4 is 10.6 Å². The number of fused-ring (bicyclic) bond motifs is 1. The van der Waals surface area contributed by atoms with Crippen molar-refractivity contribution in [1.29, 1.82) is 0 Å². The first-order valence-electron chi connectivity index (χ1n) is 9.27. The molecule has 5 nitrogen and oxygen atoms in total. The Hall–Kier alpha value is -3.15. The predicted octanol–water partition coefficient (Wildman–Crippen LogP) is 3.94. The van der Waals surface area contributed by atoms with E-state index in [-0.39, 0.29) is 17.5 Å². The number of amides is 2. The molecule has 0 fully saturated rings. The van der Waals surface area contributed by atoms with Crippen LogP contribution in [-0.2, 0) is 16.0 Å². The van der Waals surface area contributed by atoms with Crippen LogP contribution in [0.3, 0.4) is 0 Å². The molecule has 0 saturated carbocycles. The zero-order valence-electron chi connectivity index (χ0n) is 16.2. The monoisotopic (exact) mass is 381 g/mol. The van der Waals surface area contributed by atoms with E-state index in [0.717, 1.165) is 22.0 Å². The minimum absolute atomic E-state index is 0.104. The molecule has 6 heteroatoms. The van der Waals surface area contributed by atoms with Gasteiger partial charge in [-0.05, 0) is 36.2 Å². The number of H-pyrrole nitrogens is 1. The van der Waals surface area contributed by atoms with Crippen molar-refractivity contribution in [2.24, 2.45) is 5.92 Å². The number of hydrogen-bond donors (Lipinski definition) is 3. The summed E-state index contributed by atoms with van der Waals surface area (Å²) in [6.07, 6.45) is 2.13. The molecular formula is C22H24FN3O2. The minimum atomic E-state index is -0.825. The van der Waals surface area contributed by atoms with Gasteiger partial charge in [0.25, 0.3) is 0 Å². The van der Waals surface area contributed by atoms with Crippen molar-refractivity contribution in [2.75, 3.05) is 5.32 Å². The number of nitrogens with one attached hydrogen (secondary N) is 3. The molecule has 2 amide bonds. The topological polar surface area (TPSA) is 74.0 Å². The average molecular weight is 381 g/mol. The first-order valence-corrected chi connectivity index (χ1v) is 9.27. The van der Waals surface area contributed by atoms with E-state index in [4.69, 9.17) is 0 Å². The molecule has 2 aromatic carbocycles. The Morgan fingerprint density at radius 3 is 2.61 bits per heavy atom. The molecule has 0 bridgehead atoms. The Labute approximate surface area is 163 Å². The van der Waals surface area contributed by atoms with E-state index in [1.165, 1.54) is 6.07 Å². The van der Waals surface area contributed by atoms with Gasteiger partial charge in [0, 0.05) is 29.4 Å². The summed E-state index contributed by atoms with van der Waals surface area (Å²) >= 11 is 0. The van der Waals surface area contributed by atoms with Crippen molar-refractivity contribution in [3.8, 4) is 0 Å². The molecule has 146 valence electrons. The third-order valence-electron chi connectivity index (χ3n) is 4.64. The van der Waals surface area contributed by atoms with Gasteiger partial charge < -0.3 is 15.6 Å². The Bertz CT molecular complexity index is 1010. The van der Waals surface area contributed by atoms with Gasteiger partial charge in [-0.3, -0.25) is 9.59 Å². The third kappa shape index (κ3) is 4.39. The number of carbonyl (C=O) groups excluding carboxylic acids is 2. The molecular weight excluding hydrogens is 357 g/mol. The molecule has 1 heterocycles. The van der Waals surface area contributed by atoms with E-state index in [2.05, 4.69) is 15.6 Å². The van der Waals surface area contributed by atoms with Crippen LogP contribution in [-0.4, -0.2) is 22.8 Å². The highest BCUT2D eigenvalue weighted by molar-refractivity contribution is 5.98. The highest BCUT2D eigenvalue weighted by Crippen LogP contribution is 2.21. The Morgan fingerprint density at radius 2 is 1.86 bits per heavy atom. The van der Waals surface area contributed by atoms with Gasteiger partial charge in [0.15, 0.2) is 0 Å². The number of rotatable bonds is 6. The van der Waals surface area contributed by atoms with Crippen LogP contribution in [0.1, 0.15) is 25.0 Å². The number of aryl methyl sites for hydroxylation is 1. The lowest BCUT2D eigenvalue weighted by atomic mass is 10.0. The van der Waals surface area contributed by atoms with Crippen molar-refractivity contribution in [1.82, 2.24) is 10.3 Å². The Morgan fingerprint density at radius 1 is 1.11 bits per heavy atom. The lowest BCUT2D eigenvalue weighted by Crippen LogP contribution is -2.46. The molecule has 1 unspecified atom stereocenters. The third-order valence-corrected chi connectivity index (χ3v) is 4.64. The van der Waals surface area contributed by atoms with Crippen LogP contribution in [0, 0.1) is 18.7 Å². The van der Waals surface area contributed by atoms with Gasteiger partial charge in [-0.25, -0.2) is 4.39 Å². The number of anilines is 1. The van der Waals surface area contributed by atoms with Crippen LogP contribution in [0.4, 0.5) is 10.1 Å². The molecule has 0 aliphatic heterocycles. The second-order valence-corrected chi connectivity index (χ2v) is 7.25. The van der Waals surface area contributed by atoms with Crippen molar-refractivity contribution in [2.45, 2.75) is 33.2 Å². The van der Waals surface area contributed by atoms with E-state index in [1.54, 1.807) is 26.0 Å². The zero-order valence-corrected chi connectivity index (χ0v) is 16.2. The number of hydrogen-bond acceptors (Lipinski definition) is 2. The van der Waals surface area contributed by atoms with Crippen LogP contribution in [0.5, 0.6) is 0 Å².